The third-order valence-corrected chi connectivity index (χ3v) is 3.61. The van der Waals surface area contributed by atoms with Gasteiger partial charge in [-0.2, -0.15) is 0 Å². The molecule has 1 N–H and O–H groups in total. The summed E-state index contributed by atoms with van der Waals surface area (Å²) in [7, 11) is 0. The van der Waals surface area contributed by atoms with Gasteiger partial charge in [-0.05, 0) is 43.7 Å². The second kappa shape index (κ2) is 5.01. The molecule has 0 amide bonds. The van der Waals surface area contributed by atoms with Gasteiger partial charge in [-0.1, -0.05) is 6.07 Å². The molecule has 2 aromatic heterocycles. The predicted octanol–water partition coefficient (Wildman–Crippen LogP) is 2.79. The standard InChI is InChI=1S/C16H15N3O2/c1-10-4-3-7-17-14(10)9-19-11(2)18-13-8-12(16(20)21)5-6-15(13)19/h3-8H,9H2,1-2H3,(H,20,21). The highest BCUT2D eigenvalue weighted by molar-refractivity contribution is 5.92. The number of aromatic nitrogens is 3. The maximum absolute atomic E-state index is 11.0. The van der Waals surface area contributed by atoms with E-state index < -0.39 is 5.97 Å². The van der Waals surface area contributed by atoms with Gasteiger partial charge in [0.1, 0.15) is 5.82 Å². The number of nitrogens with zero attached hydrogens (tertiary/aromatic N) is 3. The number of rotatable bonds is 3. The molecule has 1 aromatic carbocycles. The average Bonchev–Trinajstić information content (AvgIpc) is 2.76. The van der Waals surface area contributed by atoms with Gasteiger partial charge in [-0.15, -0.1) is 0 Å². The Kier molecular flexibility index (Phi) is 3.17. The van der Waals surface area contributed by atoms with Crippen LogP contribution in [0.15, 0.2) is 36.5 Å². The molecular formula is C16H15N3O2. The lowest BCUT2D eigenvalue weighted by atomic mass is 10.2. The smallest absolute Gasteiger partial charge is 0.335 e. The summed E-state index contributed by atoms with van der Waals surface area (Å²) >= 11 is 0. The van der Waals surface area contributed by atoms with E-state index in [-0.39, 0.29) is 5.56 Å². The van der Waals surface area contributed by atoms with Gasteiger partial charge in [0.05, 0.1) is 28.8 Å². The fraction of sp³-hybridized carbons (Fsp3) is 0.188. The zero-order chi connectivity index (χ0) is 15.0. The molecule has 0 radical (unpaired) electrons. The largest absolute Gasteiger partial charge is 0.478 e. The van der Waals surface area contributed by atoms with Crippen molar-refractivity contribution in [2.75, 3.05) is 0 Å². The van der Waals surface area contributed by atoms with E-state index in [2.05, 4.69) is 14.5 Å². The summed E-state index contributed by atoms with van der Waals surface area (Å²) in [5, 5.41) is 9.05. The predicted molar refractivity (Wildman–Crippen MR) is 79.5 cm³/mol. The summed E-state index contributed by atoms with van der Waals surface area (Å²) in [4.78, 5) is 19.9. The molecule has 0 aliphatic heterocycles. The van der Waals surface area contributed by atoms with E-state index in [1.807, 2.05) is 26.0 Å². The van der Waals surface area contributed by atoms with E-state index in [1.165, 1.54) is 0 Å². The van der Waals surface area contributed by atoms with Crippen LogP contribution in [0.1, 0.15) is 27.4 Å². The third-order valence-electron chi connectivity index (χ3n) is 3.61. The summed E-state index contributed by atoms with van der Waals surface area (Å²) < 4.78 is 2.05. The van der Waals surface area contributed by atoms with Crippen molar-refractivity contribution in [2.45, 2.75) is 20.4 Å². The zero-order valence-corrected chi connectivity index (χ0v) is 11.9. The highest BCUT2D eigenvalue weighted by Gasteiger charge is 2.12. The first-order chi connectivity index (χ1) is 10.1. The van der Waals surface area contributed by atoms with E-state index in [0.717, 1.165) is 22.6 Å². The first-order valence-corrected chi connectivity index (χ1v) is 6.67. The SMILES string of the molecule is Cc1cccnc1Cn1c(C)nc2cc(C(=O)O)ccc21. The summed E-state index contributed by atoms with van der Waals surface area (Å²) in [6.45, 7) is 4.57. The zero-order valence-electron chi connectivity index (χ0n) is 11.9. The van der Waals surface area contributed by atoms with Crippen molar-refractivity contribution in [2.24, 2.45) is 0 Å². The molecule has 0 aliphatic carbocycles. The first-order valence-electron chi connectivity index (χ1n) is 6.67. The second-order valence-corrected chi connectivity index (χ2v) is 5.02. The van der Waals surface area contributed by atoms with Crippen molar-refractivity contribution in [1.82, 2.24) is 14.5 Å². The Hall–Kier alpha value is -2.69. The van der Waals surface area contributed by atoms with Gasteiger partial charge in [0.2, 0.25) is 0 Å². The Labute approximate surface area is 121 Å². The summed E-state index contributed by atoms with van der Waals surface area (Å²) in [6, 6.07) is 8.95. The molecule has 0 atom stereocenters. The molecule has 3 rings (SSSR count). The number of fused-ring (bicyclic) bond motifs is 1. The highest BCUT2D eigenvalue weighted by Crippen LogP contribution is 2.19. The Morgan fingerprint density at radius 3 is 2.81 bits per heavy atom. The first kappa shape index (κ1) is 13.3. The van der Waals surface area contributed by atoms with Crippen LogP contribution in [-0.2, 0) is 6.54 Å². The van der Waals surface area contributed by atoms with Crippen molar-refractivity contribution in [1.29, 1.82) is 0 Å². The number of aromatic carboxylic acids is 1. The van der Waals surface area contributed by atoms with Crippen LogP contribution in [0.3, 0.4) is 0 Å². The average molecular weight is 281 g/mol. The Morgan fingerprint density at radius 1 is 1.29 bits per heavy atom. The molecule has 106 valence electrons. The van der Waals surface area contributed by atoms with Crippen LogP contribution >= 0.6 is 0 Å². The molecule has 5 nitrogen and oxygen atoms in total. The fourth-order valence-electron chi connectivity index (χ4n) is 2.42. The van der Waals surface area contributed by atoms with Crippen molar-refractivity contribution < 1.29 is 9.90 Å². The molecule has 0 spiro atoms. The van der Waals surface area contributed by atoms with Gasteiger partial charge in [-0.3, -0.25) is 4.98 Å². The van der Waals surface area contributed by atoms with Crippen LogP contribution in [0, 0.1) is 13.8 Å². The van der Waals surface area contributed by atoms with Gasteiger partial charge in [0, 0.05) is 6.20 Å². The van der Waals surface area contributed by atoms with E-state index in [9.17, 15) is 4.79 Å². The van der Waals surface area contributed by atoms with Crippen LogP contribution < -0.4 is 0 Å². The molecule has 0 fully saturated rings. The van der Waals surface area contributed by atoms with Gasteiger partial charge >= 0.3 is 5.97 Å². The molecular weight excluding hydrogens is 266 g/mol. The van der Waals surface area contributed by atoms with Crippen molar-refractivity contribution >= 4 is 17.0 Å². The number of carboxylic acid groups (broad SMARTS) is 1. The number of carbonyl (C=O) groups is 1. The van der Waals surface area contributed by atoms with E-state index in [0.29, 0.717) is 12.1 Å². The number of hydrogen-bond donors (Lipinski definition) is 1. The topological polar surface area (TPSA) is 68.0 Å². The number of imidazole rings is 1. The Bertz CT molecular complexity index is 837. The minimum absolute atomic E-state index is 0.251. The molecule has 0 saturated heterocycles. The van der Waals surface area contributed by atoms with Crippen LogP contribution in [0.25, 0.3) is 11.0 Å². The van der Waals surface area contributed by atoms with Crippen molar-refractivity contribution in [3.63, 3.8) is 0 Å². The van der Waals surface area contributed by atoms with Crippen molar-refractivity contribution in [3.8, 4) is 0 Å². The summed E-state index contributed by atoms with van der Waals surface area (Å²) in [5.74, 6) is -0.0951. The molecule has 0 bridgehead atoms. The maximum atomic E-state index is 11.0. The van der Waals surface area contributed by atoms with Gasteiger partial charge in [-0.25, -0.2) is 9.78 Å². The molecule has 3 aromatic rings. The molecule has 21 heavy (non-hydrogen) atoms. The lowest BCUT2D eigenvalue weighted by Gasteiger charge is -2.08. The van der Waals surface area contributed by atoms with Gasteiger partial charge in [0.15, 0.2) is 0 Å². The van der Waals surface area contributed by atoms with Gasteiger partial charge < -0.3 is 9.67 Å². The number of hydrogen-bond acceptors (Lipinski definition) is 3. The highest BCUT2D eigenvalue weighted by atomic mass is 16.4. The lowest BCUT2D eigenvalue weighted by Crippen LogP contribution is -2.05. The molecule has 0 aliphatic rings. The Balaban J connectivity index is 2.09. The van der Waals surface area contributed by atoms with E-state index in [1.54, 1.807) is 24.4 Å². The monoisotopic (exact) mass is 281 g/mol. The number of aryl methyl sites for hydroxylation is 2. The van der Waals surface area contributed by atoms with Crippen LogP contribution in [0.4, 0.5) is 0 Å². The van der Waals surface area contributed by atoms with Crippen molar-refractivity contribution in [3.05, 3.63) is 59.2 Å². The molecule has 5 heteroatoms. The van der Waals surface area contributed by atoms with E-state index >= 15 is 0 Å². The fourth-order valence-corrected chi connectivity index (χ4v) is 2.42. The third kappa shape index (κ3) is 2.38. The molecule has 0 unspecified atom stereocenters. The van der Waals surface area contributed by atoms with Gasteiger partial charge in [0.25, 0.3) is 0 Å². The second-order valence-electron chi connectivity index (χ2n) is 5.02. The maximum Gasteiger partial charge on any atom is 0.335 e. The molecule has 0 saturated carbocycles. The number of benzene rings is 1. The summed E-state index contributed by atoms with van der Waals surface area (Å²) in [5.41, 5.74) is 3.98. The minimum atomic E-state index is -0.940. The minimum Gasteiger partial charge on any atom is -0.478 e. The Morgan fingerprint density at radius 2 is 2.10 bits per heavy atom. The summed E-state index contributed by atoms with van der Waals surface area (Å²) in [6.07, 6.45) is 1.78. The number of pyridine rings is 1. The van der Waals surface area contributed by atoms with Crippen LogP contribution in [0.2, 0.25) is 0 Å². The van der Waals surface area contributed by atoms with Crippen LogP contribution in [0.5, 0.6) is 0 Å². The molecule has 2 heterocycles. The van der Waals surface area contributed by atoms with Crippen LogP contribution in [-0.4, -0.2) is 25.6 Å². The quantitative estimate of drug-likeness (QED) is 0.801. The lowest BCUT2D eigenvalue weighted by molar-refractivity contribution is 0.0697. The normalized spacial score (nSPS) is 11.0. The number of carboxylic acids is 1. The van der Waals surface area contributed by atoms with E-state index in [4.69, 9.17) is 5.11 Å².